The molecular weight excluding hydrogens is 190 g/mol. The Morgan fingerprint density at radius 1 is 1.33 bits per heavy atom. The van der Waals surface area contributed by atoms with Crippen LogP contribution >= 0.6 is 0 Å². The van der Waals surface area contributed by atoms with Crippen molar-refractivity contribution in [2.24, 2.45) is 0 Å². The fraction of sp³-hybridized carbons (Fsp3) is 0.917. The molecule has 2 heterocycles. The largest absolute Gasteiger partial charge is 0.464 e. The monoisotopic (exact) mass is 211 g/mol. The van der Waals surface area contributed by atoms with Crippen LogP contribution in [0.5, 0.6) is 0 Å². The van der Waals surface area contributed by atoms with Crippen molar-refractivity contribution in [3.63, 3.8) is 0 Å². The number of rotatable bonds is 2. The van der Waals surface area contributed by atoms with E-state index in [4.69, 9.17) is 4.74 Å². The smallest absolute Gasteiger partial charge is 0.302 e. The number of esters is 1. The van der Waals surface area contributed by atoms with Crippen LogP contribution in [0.15, 0.2) is 0 Å². The summed E-state index contributed by atoms with van der Waals surface area (Å²) in [6, 6.07) is 1.91. The van der Waals surface area contributed by atoms with Gasteiger partial charge in [0.05, 0.1) is 0 Å². The molecule has 0 spiro atoms. The number of piperidine rings is 1. The second kappa shape index (κ2) is 4.52. The first-order valence-electron chi connectivity index (χ1n) is 6.09. The van der Waals surface area contributed by atoms with E-state index in [-0.39, 0.29) is 5.97 Å². The minimum atomic E-state index is -0.150. The second-order valence-electron chi connectivity index (χ2n) is 4.91. The summed E-state index contributed by atoms with van der Waals surface area (Å²) in [4.78, 5) is 13.4. The van der Waals surface area contributed by atoms with Crippen LogP contribution in [0.3, 0.4) is 0 Å². The molecule has 0 aromatic heterocycles. The van der Waals surface area contributed by atoms with Crippen molar-refractivity contribution in [3.05, 3.63) is 0 Å². The summed E-state index contributed by atoms with van der Waals surface area (Å²) < 4.78 is 5.14. The average Bonchev–Trinajstić information content (AvgIpc) is 2.59. The molecule has 3 atom stereocenters. The third-order valence-corrected chi connectivity index (χ3v) is 3.82. The van der Waals surface area contributed by atoms with Gasteiger partial charge in [0, 0.05) is 25.0 Å². The van der Waals surface area contributed by atoms with Crippen LogP contribution in [0.2, 0.25) is 0 Å². The van der Waals surface area contributed by atoms with Crippen LogP contribution in [0.4, 0.5) is 0 Å². The first-order valence-corrected chi connectivity index (χ1v) is 6.09. The highest BCUT2D eigenvalue weighted by Gasteiger charge is 2.38. The molecule has 0 radical (unpaired) electrons. The van der Waals surface area contributed by atoms with E-state index in [9.17, 15) is 4.79 Å². The first kappa shape index (κ1) is 10.9. The molecular formula is C12H21NO2. The summed E-state index contributed by atoms with van der Waals surface area (Å²) >= 11 is 0. The van der Waals surface area contributed by atoms with Crippen molar-refractivity contribution in [3.8, 4) is 0 Å². The maximum absolute atomic E-state index is 10.8. The highest BCUT2D eigenvalue weighted by Crippen LogP contribution is 2.35. The number of hydrogen-bond donors (Lipinski definition) is 0. The molecule has 0 saturated carbocycles. The van der Waals surface area contributed by atoms with Gasteiger partial charge in [-0.25, -0.2) is 0 Å². The molecule has 3 heteroatoms. The van der Waals surface area contributed by atoms with E-state index >= 15 is 0 Å². The Hall–Kier alpha value is -0.570. The normalized spacial score (nSPS) is 36.3. The Bertz CT molecular complexity index is 242. The van der Waals surface area contributed by atoms with E-state index in [2.05, 4.69) is 11.8 Å². The molecule has 2 saturated heterocycles. The molecule has 0 unspecified atom stereocenters. The van der Waals surface area contributed by atoms with E-state index in [0.717, 1.165) is 6.04 Å². The van der Waals surface area contributed by atoms with E-state index in [1.807, 2.05) is 0 Å². The van der Waals surface area contributed by atoms with Gasteiger partial charge in [-0.05, 0) is 32.6 Å². The molecule has 0 aromatic rings. The predicted octanol–water partition coefficient (Wildman–Crippen LogP) is 1.95. The fourth-order valence-electron chi connectivity index (χ4n) is 3.18. The molecule has 2 fully saturated rings. The van der Waals surface area contributed by atoms with Crippen LogP contribution in [0.1, 0.15) is 46.0 Å². The van der Waals surface area contributed by atoms with Crippen molar-refractivity contribution >= 4 is 5.97 Å². The summed E-state index contributed by atoms with van der Waals surface area (Å²) in [6.45, 7) is 4.39. The van der Waals surface area contributed by atoms with E-state index in [1.54, 1.807) is 0 Å². The Kier molecular flexibility index (Phi) is 3.29. The zero-order valence-electron chi connectivity index (χ0n) is 9.74. The fourth-order valence-corrected chi connectivity index (χ4v) is 3.18. The summed E-state index contributed by atoms with van der Waals surface area (Å²) in [5.74, 6) is -0.150. The van der Waals surface area contributed by atoms with Gasteiger partial charge in [0.2, 0.25) is 0 Å². The van der Waals surface area contributed by atoms with Crippen LogP contribution in [-0.4, -0.2) is 35.6 Å². The zero-order chi connectivity index (χ0) is 10.8. The Balaban J connectivity index is 1.92. The van der Waals surface area contributed by atoms with Gasteiger partial charge in [0.25, 0.3) is 0 Å². The summed E-state index contributed by atoms with van der Waals surface area (Å²) in [5, 5.41) is 0. The third kappa shape index (κ3) is 2.33. The van der Waals surface area contributed by atoms with Crippen molar-refractivity contribution in [1.82, 2.24) is 4.90 Å². The quantitative estimate of drug-likeness (QED) is 0.654. The molecule has 2 rings (SSSR count). The molecule has 2 aliphatic rings. The second-order valence-corrected chi connectivity index (χ2v) is 4.91. The number of carbonyl (C=O) groups excluding carboxylic acids is 1. The standard InChI is InChI=1S/C12H21NO2/c1-9-4-3-5-11-6-7-12(13(9)11)8-15-10(2)14/h9,11-12H,3-8H2,1-2H3/t9-,11-,12+/m1/s1. The van der Waals surface area contributed by atoms with Gasteiger partial charge in [0.1, 0.15) is 6.61 Å². The maximum Gasteiger partial charge on any atom is 0.302 e. The van der Waals surface area contributed by atoms with Gasteiger partial charge in [-0.15, -0.1) is 0 Å². The van der Waals surface area contributed by atoms with Gasteiger partial charge in [-0.2, -0.15) is 0 Å². The SMILES string of the molecule is CC(=O)OC[C@@H]1CC[C@H]2CCC[C@@H](C)N21. The Morgan fingerprint density at radius 3 is 2.87 bits per heavy atom. The summed E-state index contributed by atoms with van der Waals surface area (Å²) in [6.07, 6.45) is 6.48. The van der Waals surface area contributed by atoms with Crippen molar-refractivity contribution in [2.45, 2.75) is 64.1 Å². The average molecular weight is 211 g/mol. The number of nitrogens with zero attached hydrogens (tertiary/aromatic N) is 1. The van der Waals surface area contributed by atoms with Crippen molar-refractivity contribution in [1.29, 1.82) is 0 Å². The molecule has 2 aliphatic heterocycles. The Morgan fingerprint density at radius 2 is 2.13 bits per heavy atom. The molecule has 0 aliphatic carbocycles. The lowest BCUT2D eigenvalue weighted by Gasteiger charge is -2.39. The molecule has 0 N–H and O–H groups in total. The molecule has 0 aromatic carbocycles. The minimum Gasteiger partial charge on any atom is -0.464 e. The molecule has 3 nitrogen and oxygen atoms in total. The van der Waals surface area contributed by atoms with E-state index in [0.29, 0.717) is 18.7 Å². The molecule has 0 amide bonds. The van der Waals surface area contributed by atoms with E-state index in [1.165, 1.54) is 39.0 Å². The van der Waals surface area contributed by atoms with Gasteiger partial charge in [-0.1, -0.05) is 6.42 Å². The maximum atomic E-state index is 10.8. The first-order chi connectivity index (χ1) is 7.18. The third-order valence-electron chi connectivity index (χ3n) is 3.82. The van der Waals surface area contributed by atoms with Crippen LogP contribution in [0, 0.1) is 0 Å². The number of carbonyl (C=O) groups is 1. The lowest BCUT2D eigenvalue weighted by Crippen LogP contribution is -2.47. The van der Waals surface area contributed by atoms with Crippen LogP contribution < -0.4 is 0 Å². The lowest BCUT2D eigenvalue weighted by atomic mass is 9.97. The number of ether oxygens (including phenoxy) is 1. The van der Waals surface area contributed by atoms with Gasteiger partial charge < -0.3 is 4.74 Å². The lowest BCUT2D eigenvalue weighted by molar-refractivity contribution is -0.143. The summed E-state index contributed by atoms with van der Waals surface area (Å²) in [7, 11) is 0. The zero-order valence-corrected chi connectivity index (χ0v) is 9.74. The summed E-state index contributed by atoms with van der Waals surface area (Å²) in [5.41, 5.74) is 0. The number of fused-ring (bicyclic) bond motifs is 1. The number of hydrogen-bond acceptors (Lipinski definition) is 3. The predicted molar refractivity (Wildman–Crippen MR) is 58.6 cm³/mol. The minimum absolute atomic E-state index is 0.150. The highest BCUT2D eigenvalue weighted by molar-refractivity contribution is 5.65. The topological polar surface area (TPSA) is 29.5 Å². The van der Waals surface area contributed by atoms with Crippen LogP contribution in [-0.2, 0) is 9.53 Å². The molecule has 15 heavy (non-hydrogen) atoms. The molecule has 0 bridgehead atoms. The molecule has 86 valence electrons. The van der Waals surface area contributed by atoms with Crippen LogP contribution in [0.25, 0.3) is 0 Å². The Labute approximate surface area is 91.8 Å². The van der Waals surface area contributed by atoms with E-state index < -0.39 is 0 Å². The van der Waals surface area contributed by atoms with Gasteiger partial charge in [0.15, 0.2) is 0 Å². The van der Waals surface area contributed by atoms with Crippen molar-refractivity contribution < 1.29 is 9.53 Å². The van der Waals surface area contributed by atoms with Gasteiger partial charge in [-0.3, -0.25) is 9.69 Å². The van der Waals surface area contributed by atoms with Crippen molar-refractivity contribution in [2.75, 3.05) is 6.61 Å². The van der Waals surface area contributed by atoms with Gasteiger partial charge >= 0.3 is 5.97 Å². The highest BCUT2D eigenvalue weighted by atomic mass is 16.5.